The van der Waals surface area contributed by atoms with Gasteiger partial charge in [0.25, 0.3) is 0 Å². The Balaban J connectivity index is 1.46. The third kappa shape index (κ3) is 6.60. The number of anilines is 1. The van der Waals surface area contributed by atoms with Crippen molar-refractivity contribution in [1.29, 1.82) is 0 Å². The Morgan fingerprint density at radius 2 is 1.69 bits per heavy atom. The fourth-order valence-corrected chi connectivity index (χ4v) is 4.22. The van der Waals surface area contributed by atoms with Gasteiger partial charge >= 0.3 is 0 Å². The fourth-order valence-electron chi connectivity index (χ4n) is 4.22. The van der Waals surface area contributed by atoms with Crippen LogP contribution < -0.4 is 10.6 Å². The molecule has 0 bridgehead atoms. The molecule has 4 heteroatoms. The maximum absolute atomic E-state index is 12.3. The number of nitrogens with zero attached hydrogens (tertiary/aromatic N) is 1. The number of carbonyl (C=O) groups is 1. The molecule has 0 aliphatic heterocycles. The molecule has 1 saturated carbocycles. The van der Waals surface area contributed by atoms with Crippen LogP contribution >= 0.6 is 0 Å². The van der Waals surface area contributed by atoms with Gasteiger partial charge in [0.1, 0.15) is 0 Å². The van der Waals surface area contributed by atoms with E-state index in [1.807, 2.05) is 18.2 Å². The predicted octanol–water partition coefficient (Wildman–Crippen LogP) is 4.53. The first-order valence-electron chi connectivity index (χ1n) is 11.0. The minimum Gasteiger partial charge on any atom is -0.376 e. The van der Waals surface area contributed by atoms with Gasteiger partial charge in [-0.3, -0.25) is 9.69 Å². The molecule has 29 heavy (non-hydrogen) atoms. The van der Waals surface area contributed by atoms with Crippen LogP contribution in [0.4, 0.5) is 5.69 Å². The number of carbonyl (C=O) groups excluding carboxylic acids is 1. The highest BCUT2D eigenvalue weighted by molar-refractivity contribution is 5.80. The molecule has 1 fully saturated rings. The molecule has 0 heterocycles. The molecule has 0 spiro atoms. The zero-order chi connectivity index (χ0) is 20.5. The number of benzene rings is 2. The number of nitrogens with one attached hydrogen (secondary N) is 2. The second kappa shape index (κ2) is 11.0. The highest BCUT2D eigenvalue weighted by atomic mass is 16.1. The molecule has 1 aliphatic carbocycles. The standard InChI is InChI=1S/C25H35N3O/c1-20-10-6-7-11-21(20)16-17-26-25(29)18-27-24-15-9-8-12-22(24)19-28(2)23-13-4-3-5-14-23/h6-12,15,23,27H,3-5,13-14,16-19H2,1-2H3,(H,26,29). The second-order valence-corrected chi connectivity index (χ2v) is 8.24. The molecule has 0 saturated heterocycles. The highest BCUT2D eigenvalue weighted by Crippen LogP contribution is 2.24. The fraction of sp³-hybridized carbons (Fsp3) is 0.480. The third-order valence-electron chi connectivity index (χ3n) is 6.05. The van der Waals surface area contributed by atoms with Crippen molar-refractivity contribution in [3.05, 3.63) is 65.2 Å². The SMILES string of the molecule is Cc1ccccc1CCNC(=O)CNc1ccccc1CN(C)C1CCCCC1. The molecule has 1 amide bonds. The van der Waals surface area contributed by atoms with Crippen molar-refractivity contribution < 1.29 is 4.79 Å². The van der Waals surface area contributed by atoms with Crippen LogP contribution in [0.1, 0.15) is 48.8 Å². The van der Waals surface area contributed by atoms with Crippen LogP contribution in [0.15, 0.2) is 48.5 Å². The van der Waals surface area contributed by atoms with Crippen molar-refractivity contribution >= 4 is 11.6 Å². The summed E-state index contributed by atoms with van der Waals surface area (Å²) in [7, 11) is 2.23. The van der Waals surface area contributed by atoms with Crippen LogP contribution in [0, 0.1) is 6.92 Å². The molecule has 2 N–H and O–H groups in total. The highest BCUT2D eigenvalue weighted by Gasteiger charge is 2.18. The molecule has 2 aromatic rings. The average Bonchev–Trinajstić information content (AvgIpc) is 2.75. The summed E-state index contributed by atoms with van der Waals surface area (Å²) in [6, 6.07) is 17.4. The molecule has 0 atom stereocenters. The molecule has 4 nitrogen and oxygen atoms in total. The Bertz CT molecular complexity index is 783. The number of amides is 1. The van der Waals surface area contributed by atoms with E-state index in [9.17, 15) is 4.79 Å². The Labute approximate surface area is 175 Å². The van der Waals surface area contributed by atoms with E-state index in [-0.39, 0.29) is 5.91 Å². The summed E-state index contributed by atoms with van der Waals surface area (Å²) in [4.78, 5) is 14.8. The monoisotopic (exact) mass is 393 g/mol. The van der Waals surface area contributed by atoms with E-state index in [1.54, 1.807) is 0 Å². The molecule has 156 valence electrons. The van der Waals surface area contributed by atoms with Gasteiger partial charge in [-0.2, -0.15) is 0 Å². The van der Waals surface area contributed by atoms with Gasteiger partial charge < -0.3 is 10.6 Å². The van der Waals surface area contributed by atoms with Crippen LogP contribution in [-0.2, 0) is 17.8 Å². The van der Waals surface area contributed by atoms with Crippen molar-refractivity contribution in [1.82, 2.24) is 10.2 Å². The average molecular weight is 394 g/mol. The second-order valence-electron chi connectivity index (χ2n) is 8.24. The summed E-state index contributed by atoms with van der Waals surface area (Å²) < 4.78 is 0. The quantitative estimate of drug-likeness (QED) is 0.658. The molecule has 3 rings (SSSR count). The van der Waals surface area contributed by atoms with Crippen molar-refractivity contribution in [2.45, 2.75) is 58.0 Å². The predicted molar refractivity (Wildman–Crippen MR) is 121 cm³/mol. The molecule has 0 aromatic heterocycles. The van der Waals surface area contributed by atoms with Crippen molar-refractivity contribution in [2.75, 3.05) is 25.5 Å². The van der Waals surface area contributed by atoms with E-state index in [1.165, 1.54) is 48.8 Å². The first-order valence-corrected chi connectivity index (χ1v) is 11.0. The first-order chi connectivity index (χ1) is 14.1. The van der Waals surface area contributed by atoms with E-state index in [2.05, 4.69) is 59.8 Å². The summed E-state index contributed by atoms with van der Waals surface area (Å²) in [5, 5.41) is 6.37. The number of aryl methyl sites for hydroxylation is 1. The third-order valence-corrected chi connectivity index (χ3v) is 6.05. The van der Waals surface area contributed by atoms with E-state index in [0.717, 1.165) is 18.7 Å². The summed E-state index contributed by atoms with van der Waals surface area (Å²) >= 11 is 0. The minimum atomic E-state index is 0.0361. The summed E-state index contributed by atoms with van der Waals surface area (Å²) in [5.74, 6) is 0.0361. The summed E-state index contributed by atoms with van der Waals surface area (Å²) in [6.07, 6.45) is 7.53. The number of para-hydroxylation sites is 1. The van der Waals surface area contributed by atoms with Gasteiger partial charge in [-0.25, -0.2) is 0 Å². The smallest absolute Gasteiger partial charge is 0.239 e. The van der Waals surface area contributed by atoms with E-state index >= 15 is 0 Å². The number of hydrogen-bond acceptors (Lipinski definition) is 3. The van der Waals surface area contributed by atoms with Crippen LogP contribution in [0.3, 0.4) is 0 Å². The van der Waals surface area contributed by atoms with Crippen molar-refractivity contribution in [3.8, 4) is 0 Å². The Hall–Kier alpha value is -2.33. The zero-order valence-electron chi connectivity index (χ0n) is 17.9. The minimum absolute atomic E-state index is 0.0361. The Morgan fingerprint density at radius 3 is 2.45 bits per heavy atom. The van der Waals surface area contributed by atoms with Gasteiger partial charge in [0.15, 0.2) is 0 Å². The van der Waals surface area contributed by atoms with Crippen LogP contribution in [-0.4, -0.2) is 37.0 Å². The number of hydrogen-bond donors (Lipinski definition) is 2. The molecule has 2 aromatic carbocycles. The van der Waals surface area contributed by atoms with Gasteiger partial charge in [-0.1, -0.05) is 61.7 Å². The zero-order valence-corrected chi connectivity index (χ0v) is 17.9. The lowest BCUT2D eigenvalue weighted by Gasteiger charge is -2.31. The van der Waals surface area contributed by atoms with E-state index < -0.39 is 0 Å². The van der Waals surface area contributed by atoms with Crippen molar-refractivity contribution in [3.63, 3.8) is 0 Å². The molecule has 0 radical (unpaired) electrons. The lowest BCUT2D eigenvalue weighted by molar-refractivity contribution is -0.119. The van der Waals surface area contributed by atoms with Gasteiger partial charge in [-0.05, 0) is 56.0 Å². The van der Waals surface area contributed by atoms with Gasteiger partial charge in [-0.15, -0.1) is 0 Å². The van der Waals surface area contributed by atoms with Gasteiger partial charge in [0.2, 0.25) is 5.91 Å². The normalized spacial score (nSPS) is 14.7. The molecule has 0 unspecified atom stereocenters. The van der Waals surface area contributed by atoms with Gasteiger partial charge in [0, 0.05) is 24.8 Å². The lowest BCUT2D eigenvalue weighted by atomic mass is 9.94. The largest absolute Gasteiger partial charge is 0.376 e. The van der Waals surface area contributed by atoms with Crippen molar-refractivity contribution in [2.24, 2.45) is 0 Å². The maximum Gasteiger partial charge on any atom is 0.239 e. The first kappa shape index (κ1) is 21.4. The van der Waals surface area contributed by atoms with E-state index in [4.69, 9.17) is 0 Å². The number of rotatable bonds is 9. The molecule has 1 aliphatic rings. The van der Waals surface area contributed by atoms with Crippen LogP contribution in [0.2, 0.25) is 0 Å². The van der Waals surface area contributed by atoms with Crippen LogP contribution in [0.5, 0.6) is 0 Å². The topological polar surface area (TPSA) is 44.4 Å². The van der Waals surface area contributed by atoms with Gasteiger partial charge in [0.05, 0.1) is 6.54 Å². The Morgan fingerprint density at radius 1 is 1.00 bits per heavy atom. The van der Waals surface area contributed by atoms with Crippen LogP contribution in [0.25, 0.3) is 0 Å². The molecular formula is C25H35N3O. The molecular weight excluding hydrogens is 358 g/mol. The Kier molecular flexibility index (Phi) is 8.12. The lowest BCUT2D eigenvalue weighted by Crippen LogP contribution is -2.34. The summed E-state index contributed by atoms with van der Waals surface area (Å²) in [5.41, 5.74) is 4.88. The maximum atomic E-state index is 12.3. The van der Waals surface area contributed by atoms with E-state index in [0.29, 0.717) is 19.1 Å². The summed E-state index contributed by atoms with van der Waals surface area (Å²) in [6.45, 7) is 4.00.